The molecule has 0 aliphatic heterocycles. The predicted molar refractivity (Wildman–Crippen MR) is 115 cm³/mol. The van der Waals surface area contributed by atoms with Crippen molar-refractivity contribution in [3.8, 4) is 17.4 Å². The van der Waals surface area contributed by atoms with E-state index in [1.807, 2.05) is 18.2 Å². The summed E-state index contributed by atoms with van der Waals surface area (Å²) < 4.78 is 20.8. The summed E-state index contributed by atoms with van der Waals surface area (Å²) in [7, 11) is 1.25. The van der Waals surface area contributed by atoms with Gasteiger partial charge in [-0.1, -0.05) is 11.6 Å². The smallest absolute Gasteiger partial charge is 0.406 e. The Morgan fingerprint density at radius 1 is 1.06 bits per heavy atom. The number of rotatable bonds is 8. The third kappa shape index (κ3) is 6.48. The van der Waals surface area contributed by atoms with Gasteiger partial charge in [-0.3, -0.25) is 0 Å². The number of nitrogens with one attached hydrogen (secondary N) is 1. The van der Waals surface area contributed by atoms with Gasteiger partial charge in [0.05, 0.1) is 19.2 Å². The molecule has 31 heavy (non-hydrogen) atoms. The molecule has 1 aromatic heterocycles. The molecule has 0 aliphatic rings. The number of amides is 1. The number of halogens is 1. The van der Waals surface area contributed by atoms with Crippen LogP contribution in [-0.4, -0.2) is 43.4 Å². The van der Waals surface area contributed by atoms with Crippen LogP contribution >= 0.6 is 11.6 Å². The van der Waals surface area contributed by atoms with E-state index in [-0.39, 0.29) is 13.2 Å². The fourth-order valence-corrected chi connectivity index (χ4v) is 2.77. The summed E-state index contributed by atoms with van der Waals surface area (Å²) >= 11 is 5.99. The molecule has 3 aromatic rings. The average Bonchev–Trinajstić information content (AvgIpc) is 2.77. The highest BCUT2D eigenvalue weighted by atomic mass is 35.5. The minimum atomic E-state index is -0.820. The van der Waals surface area contributed by atoms with Gasteiger partial charge in [-0.2, -0.15) is 0 Å². The van der Waals surface area contributed by atoms with Gasteiger partial charge in [0.15, 0.2) is 6.10 Å². The van der Waals surface area contributed by atoms with Crippen LogP contribution in [0.25, 0.3) is 10.9 Å². The number of nitrogens with zero attached hydrogens (tertiary/aromatic N) is 1. The number of esters is 1. The summed E-state index contributed by atoms with van der Waals surface area (Å²) in [6.07, 6.45) is -1.41. The Morgan fingerprint density at radius 3 is 2.55 bits per heavy atom. The second-order valence-corrected chi connectivity index (χ2v) is 6.84. The Balaban J connectivity index is 1.51. The quantitative estimate of drug-likeness (QED) is 0.407. The molecule has 9 heteroatoms. The fourth-order valence-electron chi connectivity index (χ4n) is 2.59. The van der Waals surface area contributed by atoms with E-state index >= 15 is 0 Å². The predicted octanol–water partition coefficient (Wildman–Crippen LogP) is 4.35. The van der Waals surface area contributed by atoms with Crippen LogP contribution in [-0.2, 0) is 14.3 Å². The van der Waals surface area contributed by atoms with Crippen molar-refractivity contribution in [1.29, 1.82) is 0 Å². The number of fused-ring (bicyclic) bond motifs is 1. The SMILES string of the molecule is COC(=O)NCCOC(=O)[C@@H](C)Oc1ccc(Oc2ccc3cc(Cl)ccc3n2)cc1. The van der Waals surface area contributed by atoms with E-state index in [0.29, 0.717) is 22.4 Å². The first-order valence-electron chi connectivity index (χ1n) is 9.44. The molecule has 0 bridgehead atoms. The summed E-state index contributed by atoms with van der Waals surface area (Å²) in [6.45, 7) is 1.73. The maximum absolute atomic E-state index is 12.0. The van der Waals surface area contributed by atoms with Crippen molar-refractivity contribution in [2.75, 3.05) is 20.3 Å². The van der Waals surface area contributed by atoms with Crippen LogP contribution in [0.1, 0.15) is 6.92 Å². The standard InChI is InChI=1S/C22H21ClN2O6/c1-14(21(26)29-12-11-24-22(27)28-2)30-17-5-7-18(8-6-17)31-20-10-3-15-13-16(23)4-9-19(15)25-20/h3-10,13-14H,11-12H2,1-2H3,(H,24,27)/t14-/m1/s1. The molecular weight excluding hydrogens is 424 g/mol. The van der Waals surface area contributed by atoms with Gasteiger partial charge in [-0.15, -0.1) is 0 Å². The Bertz CT molecular complexity index is 1060. The highest BCUT2D eigenvalue weighted by Crippen LogP contribution is 2.26. The Kier molecular flexibility index (Phi) is 7.50. The molecule has 0 aliphatic carbocycles. The summed E-state index contributed by atoms with van der Waals surface area (Å²) in [5.41, 5.74) is 0.774. The van der Waals surface area contributed by atoms with E-state index in [1.54, 1.807) is 43.3 Å². The van der Waals surface area contributed by atoms with Crippen LogP contribution in [0.4, 0.5) is 4.79 Å². The summed E-state index contributed by atoms with van der Waals surface area (Å²) in [5.74, 6) is 0.941. The number of benzene rings is 2. The molecule has 8 nitrogen and oxygen atoms in total. The lowest BCUT2D eigenvalue weighted by molar-refractivity contribution is -0.150. The van der Waals surface area contributed by atoms with Gasteiger partial charge in [-0.05, 0) is 55.5 Å². The number of pyridine rings is 1. The number of carbonyl (C=O) groups is 2. The first-order chi connectivity index (χ1) is 14.9. The second kappa shape index (κ2) is 10.5. The number of carbonyl (C=O) groups excluding carboxylic acids is 2. The van der Waals surface area contributed by atoms with Gasteiger partial charge >= 0.3 is 12.1 Å². The van der Waals surface area contributed by atoms with Crippen LogP contribution in [0.2, 0.25) is 5.02 Å². The summed E-state index contributed by atoms with van der Waals surface area (Å²) in [6, 6.07) is 15.9. The lowest BCUT2D eigenvalue weighted by Gasteiger charge is -2.14. The highest BCUT2D eigenvalue weighted by molar-refractivity contribution is 6.31. The highest BCUT2D eigenvalue weighted by Gasteiger charge is 2.16. The first-order valence-corrected chi connectivity index (χ1v) is 9.82. The van der Waals surface area contributed by atoms with Crippen molar-refractivity contribution in [3.63, 3.8) is 0 Å². The van der Waals surface area contributed by atoms with Gasteiger partial charge in [0.2, 0.25) is 5.88 Å². The van der Waals surface area contributed by atoms with Crippen LogP contribution in [0.3, 0.4) is 0 Å². The number of alkyl carbamates (subject to hydrolysis) is 1. The molecule has 0 saturated heterocycles. The minimum Gasteiger partial charge on any atom is -0.479 e. The molecule has 162 valence electrons. The van der Waals surface area contributed by atoms with Gasteiger partial charge in [-0.25, -0.2) is 14.6 Å². The van der Waals surface area contributed by atoms with Gasteiger partial charge in [0.25, 0.3) is 0 Å². The van der Waals surface area contributed by atoms with Gasteiger partial charge in [0, 0.05) is 16.5 Å². The topological polar surface area (TPSA) is 96.0 Å². The van der Waals surface area contributed by atoms with Crippen molar-refractivity contribution in [2.24, 2.45) is 0 Å². The number of ether oxygens (including phenoxy) is 4. The zero-order chi connectivity index (χ0) is 22.2. The molecule has 1 heterocycles. The maximum Gasteiger partial charge on any atom is 0.406 e. The number of aromatic nitrogens is 1. The number of methoxy groups -OCH3 is 1. The largest absolute Gasteiger partial charge is 0.479 e. The van der Waals surface area contributed by atoms with Crippen molar-refractivity contribution in [2.45, 2.75) is 13.0 Å². The molecule has 3 rings (SSSR count). The first kappa shape index (κ1) is 22.2. The van der Waals surface area contributed by atoms with Gasteiger partial charge in [0.1, 0.15) is 18.1 Å². The fraction of sp³-hybridized carbons (Fsp3) is 0.227. The number of hydrogen-bond acceptors (Lipinski definition) is 7. The van der Waals surface area contributed by atoms with Crippen LogP contribution in [0, 0.1) is 0 Å². The Labute approximate surface area is 184 Å². The van der Waals surface area contributed by atoms with Crippen LogP contribution in [0.5, 0.6) is 17.4 Å². The summed E-state index contributed by atoms with van der Waals surface area (Å²) in [4.78, 5) is 27.3. The Hall–Kier alpha value is -3.52. The molecule has 0 saturated carbocycles. The monoisotopic (exact) mass is 444 g/mol. The summed E-state index contributed by atoms with van der Waals surface area (Å²) in [5, 5.41) is 3.98. The van der Waals surface area contributed by atoms with Gasteiger partial charge < -0.3 is 24.3 Å². The van der Waals surface area contributed by atoms with Crippen LogP contribution < -0.4 is 14.8 Å². The maximum atomic E-state index is 12.0. The molecule has 1 atom stereocenters. The number of hydrogen-bond donors (Lipinski definition) is 1. The minimum absolute atomic E-state index is 0.0133. The molecule has 0 spiro atoms. The van der Waals surface area contributed by atoms with E-state index in [2.05, 4.69) is 15.0 Å². The van der Waals surface area contributed by atoms with E-state index in [4.69, 9.17) is 25.8 Å². The molecule has 0 radical (unpaired) electrons. The molecule has 1 N–H and O–H groups in total. The molecule has 0 fully saturated rings. The normalized spacial score (nSPS) is 11.5. The molecular formula is C22H21ClN2O6. The van der Waals surface area contributed by atoms with Crippen molar-refractivity contribution >= 4 is 34.6 Å². The lowest BCUT2D eigenvalue weighted by Crippen LogP contribution is -2.31. The van der Waals surface area contributed by atoms with E-state index in [9.17, 15) is 9.59 Å². The van der Waals surface area contributed by atoms with Crippen LogP contribution in [0.15, 0.2) is 54.6 Å². The van der Waals surface area contributed by atoms with Crippen molar-refractivity contribution in [3.05, 3.63) is 59.6 Å². The van der Waals surface area contributed by atoms with E-state index < -0.39 is 18.2 Å². The Morgan fingerprint density at radius 2 is 1.81 bits per heavy atom. The zero-order valence-electron chi connectivity index (χ0n) is 17.0. The molecule has 2 aromatic carbocycles. The zero-order valence-corrected chi connectivity index (χ0v) is 17.7. The molecule has 0 unspecified atom stereocenters. The van der Waals surface area contributed by atoms with Crippen molar-refractivity contribution < 1.29 is 28.5 Å². The average molecular weight is 445 g/mol. The lowest BCUT2D eigenvalue weighted by atomic mass is 10.2. The third-order valence-electron chi connectivity index (χ3n) is 4.12. The second-order valence-electron chi connectivity index (χ2n) is 6.41. The van der Waals surface area contributed by atoms with Crippen molar-refractivity contribution in [1.82, 2.24) is 10.3 Å². The van der Waals surface area contributed by atoms with E-state index in [1.165, 1.54) is 7.11 Å². The third-order valence-corrected chi connectivity index (χ3v) is 4.35. The molecule has 1 amide bonds. The van der Waals surface area contributed by atoms with E-state index in [0.717, 1.165) is 10.9 Å².